The molecule has 0 aromatic carbocycles. The van der Waals surface area contributed by atoms with Gasteiger partial charge < -0.3 is 10.1 Å². The molecule has 248 valence electrons. The van der Waals surface area contributed by atoms with Gasteiger partial charge in [0.05, 0.1) is 35.8 Å². The van der Waals surface area contributed by atoms with E-state index in [2.05, 4.69) is 40.2 Å². The van der Waals surface area contributed by atoms with Crippen LogP contribution >= 0.6 is 0 Å². The molecule has 13 nitrogen and oxygen atoms in total. The zero-order valence-corrected chi connectivity index (χ0v) is 26.6. The van der Waals surface area contributed by atoms with Gasteiger partial charge in [-0.2, -0.15) is 13.2 Å². The molecule has 4 aromatic heterocycles. The summed E-state index contributed by atoms with van der Waals surface area (Å²) in [6, 6.07) is 0.965. The summed E-state index contributed by atoms with van der Waals surface area (Å²) in [4.78, 5) is 43.8. The third kappa shape index (κ3) is 7.96. The van der Waals surface area contributed by atoms with Crippen molar-refractivity contribution in [2.45, 2.75) is 68.6 Å². The Bertz CT molecular complexity index is 1820. The molecule has 1 aliphatic rings. The molecule has 0 aliphatic heterocycles. The molecule has 0 saturated heterocycles. The number of hydrogen-bond acceptors (Lipinski definition) is 12. The van der Waals surface area contributed by atoms with E-state index < -0.39 is 27.3 Å². The molecule has 0 radical (unpaired) electrons. The van der Waals surface area contributed by atoms with Crippen LogP contribution in [0, 0.1) is 0 Å². The molecule has 0 unspecified atom stereocenters. The summed E-state index contributed by atoms with van der Waals surface area (Å²) < 4.78 is 70.7. The number of pyridine rings is 1. The Kier molecular flexibility index (Phi) is 9.93. The predicted molar refractivity (Wildman–Crippen MR) is 165 cm³/mol. The van der Waals surface area contributed by atoms with E-state index in [0.717, 1.165) is 24.7 Å². The second-order valence-corrected chi connectivity index (χ2v) is 13.0. The van der Waals surface area contributed by atoms with Crippen molar-refractivity contribution >= 4 is 27.5 Å². The van der Waals surface area contributed by atoms with Crippen LogP contribution in [0.3, 0.4) is 0 Å². The quantitative estimate of drug-likeness (QED) is 0.246. The van der Waals surface area contributed by atoms with Gasteiger partial charge in [-0.1, -0.05) is 6.92 Å². The SMILES string of the molecule is CCCC(=O)N(c1cnc(-c2cnc(OC)nc2)cn1)[C@H]1CC[C@H](Nc2ncc(C(F)(F)F)c(-c3cncc(S(C)(=O)=O)c3)n2)CC1. The van der Waals surface area contributed by atoms with E-state index in [-0.39, 0.29) is 40.4 Å². The zero-order chi connectivity index (χ0) is 33.8. The summed E-state index contributed by atoms with van der Waals surface area (Å²) in [6.07, 6.45) is 8.53. The topological polar surface area (TPSA) is 166 Å². The molecular weight excluding hydrogens is 639 g/mol. The van der Waals surface area contributed by atoms with Crippen LogP contribution in [-0.4, -0.2) is 74.7 Å². The van der Waals surface area contributed by atoms with Gasteiger partial charge in [-0.3, -0.25) is 19.7 Å². The normalized spacial score (nSPS) is 16.8. The summed E-state index contributed by atoms with van der Waals surface area (Å²) in [5.74, 6) is 0.294. The van der Waals surface area contributed by atoms with Gasteiger partial charge >= 0.3 is 12.2 Å². The second kappa shape index (κ2) is 13.9. The molecule has 1 aliphatic carbocycles. The van der Waals surface area contributed by atoms with E-state index in [0.29, 0.717) is 61.8 Å². The highest BCUT2D eigenvalue weighted by molar-refractivity contribution is 7.90. The number of anilines is 2. The molecule has 1 amide bonds. The molecule has 5 rings (SSSR count). The molecule has 1 saturated carbocycles. The lowest BCUT2D eigenvalue weighted by molar-refractivity contribution is -0.137. The average Bonchev–Trinajstić information content (AvgIpc) is 3.05. The van der Waals surface area contributed by atoms with E-state index >= 15 is 0 Å². The fourth-order valence-corrected chi connectivity index (χ4v) is 5.89. The van der Waals surface area contributed by atoms with Crippen LogP contribution in [0.5, 0.6) is 6.01 Å². The monoisotopic (exact) mass is 671 g/mol. The Labute approximate surface area is 269 Å². The fourth-order valence-electron chi connectivity index (χ4n) is 5.29. The van der Waals surface area contributed by atoms with E-state index in [1.54, 1.807) is 29.7 Å². The molecule has 1 fully saturated rings. The Morgan fingerprint density at radius 2 is 1.68 bits per heavy atom. The number of carbonyl (C=O) groups excluding carboxylic acids is 1. The van der Waals surface area contributed by atoms with Crippen molar-refractivity contribution in [3.8, 4) is 28.5 Å². The van der Waals surface area contributed by atoms with Crippen LogP contribution in [0.4, 0.5) is 24.9 Å². The van der Waals surface area contributed by atoms with Crippen LogP contribution < -0.4 is 15.0 Å². The smallest absolute Gasteiger partial charge is 0.419 e. The summed E-state index contributed by atoms with van der Waals surface area (Å²) in [5, 5.41) is 3.12. The first-order valence-electron chi connectivity index (χ1n) is 14.7. The Balaban J connectivity index is 1.32. The largest absolute Gasteiger partial charge is 0.467 e. The molecule has 0 bridgehead atoms. The second-order valence-electron chi connectivity index (χ2n) is 11.0. The van der Waals surface area contributed by atoms with Crippen LogP contribution in [0.2, 0.25) is 0 Å². The van der Waals surface area contributed by atoms with Crippen molar-refractivity contribution in [2.75, 3.05) is 23.6 Å². The molecule has 1 N–H and O–H groups in total. The number of hydrogen-bond donors (Lipinski definition) is 1. The van der Waals surface area contributed by atoms with Crippen LogP contribution in [0.15, 0.2) is 54.3 Å². The zero-order valence-electron chi connectivity index (χ0n) is 25.8. The Hall–Kier alpha value is -4.80. The van der Waals surface area contributed by atoms with Gasteiger partial charge in [0.2, 0.25) is 11.9 Å². The maximum atomic E-state index is 13.9. The summed E-state index contributed by atoms with van der Waals surface area (Å²) in [6.45, 7) is 1.92. The van der Waals surface area contributed by atoms with Crippen LogP contribution in [-0.2, 0) is 20.8 Å². The number of aromatic nitrogens is 7. The Morgan fingerprint density at radius 1 is 0.957 bits per heavy atom. The highest BCUT2D eigenvalue weighted by Crippen LogP contribution is 2.37. The lowest BCUT2D eigenvalue weighted by Crippen LogP contribution is -2.44. The van der Waals surface area contributed by atoms with Gasteiger partial charge in [0.25, 0.3) is 0 Å². The maximum Gasteiger partial charge on any atom is 0.419 e. The number of ether oxygens (including phenoxy) is 1. The third-order valence-corrected chi connectivity index (χ3v) is 8.71. The fraction of sp³-hybridized carbons (Fsp3) is 0.400. The van der Waals surface area contributed by atoms with Gasteiger partial charge in [-0.25, -0.2) is 33.3 Å². The van der Waals surface area contributed by atoms with E-state index in [1.165, 1.54) is 7.11 Å². The minimum Gasteiger partial charge on any atom is -0.467 e. The molecule has 17 heteroatoms. The predicted octanol–water partition coefficient (Wildman–Crippen LogP) is 4.77. The molecule has 4 heterocycles. The summed E-state index contributed by atoms with van der Waals surface area (Å²) >= 11 is 0. The molecule has 0 atom stereocenters. The average molecular weight is 672 g/mol. The first kappa shape index (κ1) is 33.6. The third-order valence-electron chi connectivity index (χ3n) is 7.63. The molecular formula is C30H32F3N9O4S. The maximum absolute atomic E-state index is 13.9. The van der Waals surface area contributed by atoms with Crippen molar-refractivity contribution in [1.29, 1.82) is 0 Å². The van der Waals surface area contributed by atoms with Crippen LogP contribution in [0.25, 0.3) is 22.5 Å². The van der Waals surface area contributed by atoms with Gasteiger partial charge in [0.15, 0.2) is 15.7 Å². The van der Waals surface area contributed by atoms with Gasteiger partial charge in [-0.05, 0) is 38.2 Å². The first-order chi connectivity index (χ1) is 22.4. The Morgan fingerprint density at radius 3 is 2.28 bits per heavy atom. The van der Waals surface area contributed by atoms with Crippen molar-refractivity contribution in [1.82, 2.24) is 34.9 Å². The molecule has 0 spiro atoms. The van der Waals surface area contributed by atoms with E-state index in [9.17, 15) is 26.4 Å². The number of alkyl halides is 3. The number of methoxy groups -OCH3 is 1. The van der Waals surface area contributed by atoms with Gasteiger partial charge in [0.1, 0.15) is 5.56 Å². The van der Waals surface area contributed by atoms with E-state index in [4.69, 9.17) is 4.74 Å². The number of amides is 1. The highest BCUT2D eigenvalue weighted by atomic mass is 32.2. The number of halogens is 3. The number of sulfone groups is 1. The van der Waals surface area contributed by atoms with Crippen molar-refractivity contribution in [3.05, 3.63) is 55.0 Å². The number of nitrogens with one attached hydrogen (secondary N) is 1. The van der Waals surface area contributed by atoms with Gasteiger partial charge in [0, 0.05) is 66.9 Å². The lowest BCUT2D eigenvalue weighted by Gasteiger charge is -2.36. The number of rotatable bonds is 10. The number of nitrogens with zero attached hydrogens (tertiary/aromatic N) is 8. The lowest BCUT2D eigenvalue weighted by atomic mass is 9.90. The highest BCUT2D eigenvalue weighted by Gasteiger charge is 2.36. The van der Waals surface area contributed by atoms with Crippen molar-refractivity contribution < 1.29 is 31.1 Å². The van der Waals surface area contributed by atoms with E-state index in [1.807, 2.05) is 6.92 Å². The van der Waals surface area contributed by atoms with Gasteiger partial charge in [-0.15, -0.1) is 0 Å². The number of carbonyl (C=O) groups is 1. The first-order valence-corrected chi connectivity index (χ1v) is 16.6. The summed E-state index contributed by atoms with van der Waals surface area (Å²) in [7, 11) is -2.25. The molecule has 4 aromatic rings. The minimum atomic E-state index is -4.79. The molecule has 47 heavy (non-hydrogen) atoms. The van der Waals surface area contributed by atoms with Crippen LogP contribution in [0.1, 0.15) is 51.0 Å². The summed E-state index contributed by atoms with van der Waals surface area (Å²) in [5.41, 5.74) is -0.541. The van der Waals surface area contributed by atoms with Crippen molar-refractivity contribution in [3.63, 3.8) is 0 Å². The minimum absolute atomic E-state index is 0.0379. The van der Waals surface area contributed by atoms with Crippen molar-refractivity contribution in [2.24, 2.45) is 0 Å². The standard InChI is InChI=1S/C30H32F3N9O4S/c1-4-5-26(43)42(25-17-35-24(16-36-25)19-12-38-29(46-2)39-13-19)21-8-6-20(7-9-21)40-28-37-15-23(30(31,32)33)27(41-28)18-10-22(14-34-11-18)47(3,44)45/h10-17,20-21H,4-9H2,1-3H3,(H,37,40,41)/t20-,21-.